The molecule has 2 aromatic carbocycles. The van der Waals surface area contributed by atoms with Gasteiger partial charge in [-0.2, -0.15) is 0 Å². The van der Waals surface area contributed by atoms with Crippen LogP contribution in [-0.2, 0) is 13.1 Å². The van der Waals surface area contributed by atoms with Crippen LogP contribution in [0.1, 0.15) is 24.0 Å². The smallest absolute Gasteiger partial charge is 0.315 e. The number of likely N-dealkylation sites (tertiary alicyclic amines) is 1. The molecule has 0 aromatic heterocycles. The molecule has 0 spiro atoms. The van der Waals surface area contributed by atoms with Crippen LogP contribution in [0.15, 0.2) is 48.5 Å². The van der Waals surface area contributed by atoms with Gasteiger partial charge in [-0.1, -0.05) is 35.9 Å². The Labute approximate surface area is 164 Å². The zero-order valence-electron chi connectivity index (χ0n) is 15.3. The summed E-state index contributed by atoms with van der Waals surface area (Å²) in [6, 6.07) is 14.0. The topological polar surface area (TPSA) is 44.4 Å². The minimum absolute atomic E-state index is 0.178. The highest BCUT2D eigenvalue weighted by Gasteiger charge is 2.19. The van der Waals surface area contributed by atoms with Gasteiger partial charge >= 0.3 is 6.03 Å². The van der Waals surface area contributed by atoms with Gasteiger partial charge in [0.2, 0.25) is 0 Å². The third-order valence-electron chi connectivity index (χ3n) is 4.94. The summed E-state index contributed by atoms with van der Waals surface area (Å²) in [7, 11) is 0. The predicted molar refractivity (Wildman–Crippen MR) is 106 cm³/mol. The van der Waals surface area contributed by atoms with Crippen molar-refractivity contribution in [2.75, 3.05) is 19.6 Å². The predicted octanol–water partition coefficient (Wildman–Crippen LogP) is 4.19. The summed E-state index contributed by atoms with van der Waals surface area (Å²) in [4.78, 5) is 14.4. The first-order chi connectivity index (χ1) is 13.1. The fraction of sp³-hybridized carbons (Fsp3) is 0.381. The van der Waals surface area contributed by atoms with Crippen molar-refractivity contribution in [2.24, 2.45) is 5.92 Å². The molecule has 1 aliphatic rings. The number of urea groups is 1. The van der Waals surface area contributed by atoms with E-state index in [1.807, 2.05) is 12.1 Å². The van der Waals surface area contributed by atoms with Crippen molar-refractivity contribution in [3.05, 3.63) is 70.5 Å². The molecule has 0 aliphatic carbocycles. The molecule has 1 aliphatic heterocycles. The Morgan fingerprint density at radius 2 is 1.63 bits per heavy atom. The van der Waals surface area contributed by atoms with Gasteiger partial charge in [-0.25, -0.2) is 9.18 Å². The van der Waals surface area contributed by atoms with Crippen LogP contribution in [0.25, 0.3) is 0 Å². The van der Waals surface area contributed by atoms with E-state index in [1.165, 1.54) is 17.7 Å². The van der Waals surface area contributed by atoms with Crippen molar-refractivity contribution >= 4 is 17.6 Å². The van der Waals surface area contributed by atoms with Gasteiger partial charge in [-0.05, 0) is 67.2 Å². The molecule has 1 fully saturated rings. The Hall–Kier alpha value is -2.11. The summed E-state index contributed by atoms with van der Waals surface area (Å²) in [6.45, 7) is 4.09. The second-order valence-corrected chi connectivity index (χ2v) is 7.47. The number of carbonyl (C=O) groups is 1. The number of carbonyl (C=O) groups excluding carboxylic acids is 1. The third-order valence-corrected chi connectivity index (χ3v) is 5.20. The van der Waals surface area contributed by atoms with Crippen molar-refractivity contribution in [1.29, 1.82) is 0 Å². The number of benzene rings is 2. The van der Waals surface area contributed by atoms with E-state index in [9.17, 15) is 9.18 Å². The molecule has 0 bridgehead atoms. The quantitative estimate of drug-likeness (QED) is 0.778. The molecule has 3 rings (SSSR count). The summed E-state index contributed by atoms with van der Waals surface area (Å²) in [5, 5.41) is 6.52. The van der Waals surface area contributed by atoms with Gasteiger partial charge in [-0.15, -0.1) is 0 Å². The van der Waals surface area contributed by atoms with Gasteiger partial charge in [0, 0.05) is 24.7 Å². The maximum absolute atomic E-state index is 12.9. The van der Waals surface area contributed by atoms with Crippen molar-refractivity contribution in [3.8, 4) is 0 Å². The van der Waals surface area contributed by atoms with Crippen molar-refractivity contribution in [2.45, 2.75) is 25.9 Å². The molecular formula is C21H25ClFN3O. The second-order valence-electron chi connectivity index (χ2n) is 7.04. The van der Waals surface area contributed by atoms with Crippen molar-refractivity contribution in [1.82, 2.24) is 15.5 Å². The van der Waals surface area contributed by atoms with Crippen molar-refractivity contribution in [3.63, 3.8) is 0 Å². The van der Waals surface area contributed by atoms with Gasteiger partial charge in [0.05, 0.1) is 0 Å². The van der Waals surface area contributed by atoms with Crippen LogP contribution in [0.4, 0.5) is 9.18 Å². The van der Waals surface area contributed by atoms with Crippen LogP contribution in [0.3, 0.4) is 0 Å². The number of hydrogen-bond donors (Lipinski definition) is 2. The molecule has 144 valence electrons. The number of nitrogens with zero attached hydrogens (tertiary/aromatic N) is 1. The highest BCUT2D eigenvalue weighted by atomic mass is 35.5. The number of hydrogen-bond acceptors (Lipinski definition) is 2. The Bertz CT molecular complexity index is 728. The van der Waals surface area contributed by atoms with Crippen molar-refractivity contribution < 1.29 is 9.18 Å². The fourth-order valence-corrected chi connectivity index (χ4v) is 3.41. The summed E-state index contributed by atoms with van der Waals surface area (Å²) in [6.07, 6.45) is 2.15. The van der Waals surface area contributed by atoms with E-state index >= 15 is 0 Å². The summed E-state index contributed by atoms with van der Waals surface area (Å²) < 4.78 is 12.9. The van der Waals surface area contributed by atoms with E-state index in [4.69, 9.17) is 11.6 Å². The minimum Gasteiger partial charge on any atom is -0.338 e. The monoisotopic (exact) mass is 389 g/mol. The lowest BCUT2D eigenvalue weighted by Gasteiger charge is -2.32. The van der Waals surface area contributed by atoms with Gasteiger partial charge in [0.25, 0.3) is 0 Å². The van der Waals surface area contributed by atoms with E-state index in [0.717, 1.165) is 43.1 Å². The van der Waals surface area contributed by atoms with E-state index < -0.39 is 0 Å². The van der Waals surface area contributed by atoms with Crippen LogP contribution in [0.2, 0.25) is 5.02 Å². The fourth-order valence-electron chi connectivity index (χ4n) is 3.28. The lowest BCUT2D eigenvalue weighted by atomic mass is 9.96. The standard InChI is InChI=1S/C21H25ClFN3O/c22-19-5-1-18(2-6-19)15-26-11-9-17(10-12-26)14-25-21(27)24-13-16-3-7-20(23)8-4-16/h1-8,17H,9-15H2,(H2,24,25,27). The summed E-state index contributed by atoms with van der Waals surface area (Å²) in [5.74, 6) is 0.230. The first-order valence-corrected chi connectivity index (χ1v) is 9.69. The average Bonchev–Trinajstić information content (AvgIpc) is 2.69. The zero-order valence-corrected chi connectivity index (χ0v) is 16.0. The molecular weight excluding hydrogens is 365 g/mol. The van der Waals surface area contributed by atoms with Gasteiger partial charge in [0.1, 0.15) is 5.82 Å². The number of piperidine rings is 1. The Kier molecular flexibility index (Phi) is 7.07. The average molecular weight is 390 g/mol. The van der Waals surface area contributed by atoms with Gasteiger partial charge in [0.15, 0.2) is 0 Å². The summed E-state index contributed by atoms with van der Waals surface area (Å²) >= 11 is 5.93. The maximum atomic E-state index is 12.9. The lowest BCUT2D eigenvalue weighted by Crippen LogP contribution is -2.41. The lowest BCUT2D eigenvalue weighted by molar-refractivity contribution is 0.175. The van der Waals surface area contributed by atoms with E-state index in [1.54, 1.807) is 12.1 Å². The van der Waals surface area contributed by atoms with Crippen LogP contribution in [-0.4, -0.2) is 30.6 Å². The maximum Gasteiger partial charge on any atom is 0.315 e. The van der Waals surface area contributed by atoms with E-state index in [0.29, 0.717) is 19.0 Å². The Morgan fingerprint density at radius 3 is 2.30 bits per heavy atom. The van der Waals surface area contributed by atoms with E-state index in [2.05, 4.69) is 27.7 Å². The normalized spacial score (nSPS) is 15.5. The molecule has 0 unspecified atom stereocenters. The second kappa shape index (κ2) is 9.72. The molecule has 1 heterocycles. The molecule has 0 saturated carbocycles. The molecule has 1 saturated heterocycles. The molecule has 2 amide bonds. The van der Waals surface area contributed by atoms with Crippen LogP contribution in [0, 0.1) is 11.7 Å². The number of halogens is 2. The minimum atomic E-state index is -0.273. The summed E-state index contributed by atoms with van der Waals surface area (Å²) in [5.41, 5.74) is 2.15. The number of amides is 2. The SMILES string of the molecule is O=C(NCc1ccc(F)cc1)NCC1CCN(Cc2ccc(Cl)cc2)CC1. The Balaban J connectivity index is 1.32. The largest absolute Gasteiger partial charge is 0.338 e. The zero-order chi connectivity index (χ0) is 19.1. The molecule has 2 aromatic rings. The highest BCUT2D eigenvalue weighted by molar-refractivity contribution is 6.30. The molecule has 0 atom stereocenters. The first-order valence-electron chi connectivity index (χ1n) is 9.31. The molecule has 4 nitrogen and oxygen atoms in total. The Morgan fingerprint density at radius 1 is 1.00 bits per heavy atom. The highest BCUT2D eigenvalue weighted by Crippen LogP contribution is 2.19. The third kappa shape index (κ3) is 6.52. The number of rotatable bonds is 6. The van der Waals surface area contributed by atoms with E-state index in [-0.39, 0.29) is 11.8 Å². The van der Waals surface area contributed by atoms with Gasteiger partial charge < -0.3 is 10.6 Å². The van der Waals surface area contributed by atoms with Crippen LogP contribution in [0.5, 0.6) is 0 Å². The first kappa shape index (κ1) is 19.6. The molecule has 27 heavy (non-hydrogen) atoms. The van der Waals surface area contributed by atoms with Gasteiger partial charge in [-0.3, -0.25) is 4.90 Å². The molecule has 0 radical (unpaired) electrons. The van der Waals surface area contributed by atoms with Crippen LogP contribution < -0.4 is 10.6 Å². The number of nitrogens with one attached hydrogen (secondary N) is 2. The molecule has 2 N–H and O–H groups in total. The van der Waals surface area contributed by atoms with Crippen LogP contribution >= 0.6 is 11.6 Å². The molecule has 6 heteroatoms.